The van der Waals surface area contributed by atoms with Gasteiger partial charge >= 0.3 is 0 Å². The van der Waals surface area contributed by atoms with E-state index in [1.165, 1.54) is 5.57 Å². The van der Waals surface area contributed by atoms with Crippen molar-refractivity contribution in [2.24, 2.45) is 34.5 Å². The lowest BCUT2D eigenvalue weighted by atomic mass is 9.43. The van der Waals surface area contributed by atoms with Gasteiger partial charge in [-0.15, -0.1) is 0 Å². The van der Waals surface area contributed by atoms with Gasteiger partial charge in [-0.2, -0.15) is 0 Å². The molecule has 0 amide bonds. The van der Waals surface area contributed by atoms with E-state index in [1.54, 1.807) is 6.92 Å². The van der Waals surface area contributed by atoms with Gasteiger partial charge in [-0.25, -0.2) is 0 Å². The summed E-state index contributed by atoms with van der Waals surface area (Å²) in [6.45, 7) is 8.37. The molecule has 3 fully saturated rings. The second kappa shape index (κ2) is 5.42. The molecule has 0 aromatic carbocycles. The van der Waals surface area contributed by atoms with Crippen LogP contribution in [0.5, 0.6) is 0 Å². The monoisotopic (exact) mass is 346 g/mol. The molecule has 3 saturated carbocycles. The summed E-state index contributed by atoms with van der Waals surface area (Å²) in [5, 5.41) is 21.8. The Hall–Kier alpha value is -0.670. The van der Waals surface area contributed by atoms with Crippen molar-refractivity contribution in [3.63, 3.8) is 0 Å². The quantitative estimate of drug-likeness (QED) is 0.709. The van der Waals surface area contributed by atoms with Gasteiger partial charge in [-0.05, 0) is 87.4 Å². The summed E-state index contributed by atoms with van der Waals surface area (Å²) in [5.41, 5.74) is 0.565. The van der Waals surface area contributed by atoms with Crippen molar-refractivity contribution in [3.05, 3.63) is 11.6 Å². The van der Waals surface area contributed by atoms with E-state index in [0.717, 1.165) is 44.9 Å². The summed E-state index contributed by atoms with van der Waals surface area (Å²) in [6.07, 6.45) is 8.60. The van der Waals surface area contributed by atoms with Crippen molar-refractivity contribution in [1.29, 1.82) is 0 Å². The van der Waals surface area contributed by atoms with Crippen LogP contribution in [0.1, 0.15) is 72.6 Å². The fraction of sp³-hybridized carbons (Fsp3) is 0.864. The van der Waals surface area contributed by atoms with Gasteiger partial charge < -0.3 is 10.2 Å². The first kappa shape index (κ1) is 17.7. The van der Waals surface area contributed by atoms with E-state index < -0.39 is 5.60 Å². The number of carbonyl (C=O) groups excluding carboxylic acids is 1. The zero-order valence-corrected chi connectivity index (χ0v) is 16.2. The zero-order chi connectivity index (χ0) is 18.2. The first-order valence-corrected chi connectivity index (χ1v) is 10.2. The van der Waals surface area contributed by atoms with Gasteiger partial charge in [0.2, 0.25) is 0 Å². The molecule has 2 N–H and O–H groups in total. The third-order valence-corrected chi connectivity index (χ3v) is 8.76. The predicted octanol–water partition coefficient (Wildman–Crippen LogP) is 3.88. The van der Waals surface area contributed by atoms with E-state index in [-0.39, 0.29) is 28.8 Å². The summed E-state index contributed by atoms with van der Waals surface area (Å²) < 4.78 is 0. The minimum absolute atomic E-state index is 0.00128. The highest BCUT2D eigenvalue weighted by Gasteiger charge is 2.65. The normalized spacial score (nSPS) is 55.0. The minimum atomic E-state index is -0.746. The first-order chi connectivity index (χ1) is 11.6. The lowest BCUT2D eigenvalue weighted by Gasteiger charge is -2.63. The lowest BCUT2D eigenvalue weighted by molar-refractivity contribution is -0.180. The van der Waals surface area contributed by atoms with Crippen molar-refractivity contribution in [2.45, 2.75) is 84.3 Å². The Bertz CT molecular complexity index is 621. The smallest absolute Gasteiger partial charge is 0.133 e. The molecule has 3 heteroatoms. The molecule has 0 aromatic heterocycles. The van der Waals surface area contributed by atoms with Crippen LogP contribution in [0.2, 0.25) is 0 Å². The van der Waals surface area contributed by atoms with Gasteiger partial charge in [0, 0.05) is 5.92 Å². The number of hydrogen-bond donors (Lipinski definition) is 2. The number of aliphatic hydroxyl groups excluding tert-OH is 1. The Kier molecular flexibility index (Phi) is 3.84. The molecule has 0 saturated heterocycles. The fourth-order valence-electron chi connectivity index (χ4n) is 8.09. The number of aliphatic hydroxyl groups is 2. The Balaban J connectivity index is 1.77. The molecule has 140 valence electrons. The largest absolute Gasteiger partial charge is 0.393 e. The second-order valence-electron chi connectivity index (χ2n) is 10.3. The molecule has 0 aromatic rings. The highest BCUT2D eigenvalue weighted by atomic mass is 16.3. The SMILES string of the molecule is CC(=O)[C@H]1CCC2C3CC=C4C[C@@H](O)CC[C@]4(C)C3[C@@](C)(O)C[C@@]21C. The number of ketones is 1. The molecule has 4 aliphatic carbocycles. The van der Waals surface area contributed by atoms with Crippen molar-refractivity contribution in [3.8, 4) is 0 Å². The minimum Gasteiger partial charge on any atom is -0.393 e. The first-order valence-electron chi connectivity index (χ1n) is 10.2. The van der Waals surface area contributed by atoms with Crippen molar-refractivity contribution < 1.29 is 15.0 Å². The number of Topliss-reactive ketones (excluding diaryl/α,β-unsaturated/α-hetero) is 1. The third kappa shape index (κ3) is 2.34. The van der Waals surface area contributed by atoms with Crippen LogP contribution >= 0.6 is 0 Å². The van der Waals surface area contributed by atoms with Crippen LogP contribution in [0.15, 0.2) is 11.6 Å². The highest BCUT2D eigenvalue weighted by molar-refractivity contribution is 5.79. The molecule has 3 unspecified atom stereocenters. The Labute approximate surface area is 151 Å². The lowest BCUT2D eigenvalue weighted by Crippen LogP contribution is -2.61. The summed E-state index contributed by atoms with van der Waals surface area (Å²) >= 11 is 0. The molecule has 0 radical (unpaired) electrons. The number of fused-ring (bicyclic) bond motifs is 5. The maximum Gasteiger partial charge on any atom is 0.133 e. The summed E-state index contributed by atoms with van der Waals surface area (Å²) in [5.74, 6) is 1.65. The number of carbonyl (C=O) groups is 1. The molecule has 0 bridgehead atoms. The van der Waals surface area contributed by atoms with Crippen molar-refractivity contribution in [2.75, 3.05) is 0 Å². The maximum atomic E-state index is 12.3. The van der Waals surface area contributed by atoms with Crippen molar-refractivity contribution >= 4 is 5.78 Å². The highest BCUT2D eigenvalue weighted by Crippen LogP contribution is 2.68. The summed E-state index contributed by atoms with van der Waals surface area (Å²) in [4.78, 5) is 12.3. The molecule has 0 spiro atoms. The van der Waals surface area contributed by atoms with E-state index in [9.17, 15) is 15.0 Å². The van der Waals surface area contributed by atoms with Crippen LogP contribution in [0.3, 0.4) is 0 Å². The maximum absolute atomic E-state index is 12.3. The van der Waals surface area contributed by atoms with Gasteiger partial charge in [-0.3, -0.25) is 4.79 Å². The van der Waals surface area contributed by atoms with E-state index in [0.29, 0.717) is 17.6 Å². The van der Waals surface area contributed by atoms with Gasteiger partial charge in [0.15, 0.2) is 0 Å². The van der Waals surface area contributed by atoms with E-state index in [2.05, 4.69) is 19.9 Å². The predicted molar refractivity (Wildman–Crippen MR) is 97.9 cm³/mol. The van der Waals surface area contributed by atoms with Gasteiger partial charge in [0.25, 0.3) is 0 Å². The van der Waals surface area contributed by atoms with Crippen LogP contribution in [-0.2, 0) is 4.79 Å². The van der Waals surface area contributed by atoms with E-state index >= 15 is 0 Å². The third-order valence-electron chi connectivity index (χ3n) is 8.76. The number of hydrogen-bond acceptors (Lipinski definition) is 3. The molecule has 3 nitrogen and oxygen atoms in total. The summed E-state index contributed by atoms with van der Waals surface area (Å²) in [6, 6.07) is 0. The Morgan fingerprint density at radius 3 is 2.60 bits per heavy atom. The van der Waals surface area contributed by atoms with Crippen LogP contribution in [0, 0.1) is 34.5 Å². The molecule has 0 heterocycles. The van der Waals surface area contributed by atoms with Crippen LogP contribution in [-0.4, -0.2) is 27.7 Å². The molecule has 0 aliphatic heterocycles. The number of allylic oxidation sites excluding steroid dienone is 1. The standard InChI is InChI=1S/C22H34O3/c1-13(23)17-7-8-18-16-6-5-14-11-15(24)9-10-20(14,2)19(16)22(4,25)12-21(17,18)3/h5,15-19,24-25H,6-12H2,1-4H3/t15-,16?,17+,18?,19?,20-,21+,22-/m0/s1. The average molecular weight is 347 g/mol. The van der Waals surface area contributed by atoms with Gasteiger partial charge in [0.05, 0.1) is 11.7 Å². The fourth-order valence-corrected chi connectivity index (χ4v) is 8.09. The van der Waals surface area contributed by atoms with Gasteiger partial charge in [-0.1, -0.05) is 25.5 Å². The van der Waals surface area contributed by atoms with Gasteiger partial charge in [0.1, 0.15) is 5.78 Å². The van der Waals surface area contributed by atoms with E-state index in [1.807, 2.05) is 6.92 Å². The molecular weight excluding hydrogens is 312 g/mol. The summed E-state index contributed by atoms with van der Waals surface area (Å²) in [7, 11) is 0. The van der Waals surface area contributed by atoms with Crippen molar-refractivity contribution in [1.82, 2.24) is 0 Å². The molecule has 25 heavy (non-hydrogen) atoms. The second-order valence-corrected chi connectivity index (χ2v) is 10.3. The van der Waals surface area contributed by atoms with Crippen LogP contribution in [0.4, 0.5) is 0 Å². The average Bonchev–Trinajstić information content (AvgIpc) is 2.83. The Morgan fingerprint density at radius 1 is 1.20 bits per heavy atom. The molecular formula is C22H34O3. The van der Waals surface area contributed by atoms with E-state index in [4.69, 9.17) is 0 Å². The van der Waals surface area contributed by atoms with Crippen LogP contribution in [0.25, 0.3) is 0 Å². The molecule has 4 aliphatic rings. The molecule has 8 atom stereocenters. The Morgan fingerprint density at radius 2 is 1.92 bits per heavy atom. The number of rotatable bonds is 1. The van der Waals surface area contributed by atoms with Crippen LogP contribution < -0.4 is 0 Å². The topological polar surface area (TPSA) is 57.5 Å². The zero-order valence-electron chi connectivity index (χ0n) is 16.2. The molecule has 4 rings (SSSR count).